The van der Waals surface area contributed by atoms with Crippen LogP contribution in [0.2, 0.25) is 0 Å². The molecule has 0 spiro atoms. The fraction of sp³-hybridized carbons (Fsp3) is 0.750. The maximum atomic E-state index is 11.7. The highest BCUT2D eigenvalue weighted by atomic mass is 32.2. The molecule has 0 aromatic rings. The van der Waals surface area contributed by atoms with E-state index in [0.29, 0.717) is 6.04 Å². The lowest BCUT2D eigenvalue weighted by Crippen LogP contribution is -2.37. The van der Waals surface area contributed by atoms with Crippen LogP contribution in [0.1, 0.15) is 39.5 Å². The van der Waals surface area contributed by atoms with Gasteiger partial charge in [-0.15, -0.1) is 11.8 Å². The lowest BCUT2D eigenvalue weighted by molar-refractivity contribution is -0.120. The van der Waals surface area contributed by atoms with E-state index in [-0.39, 0.29) is 11.2 Å². The zero-order chi connectivity index (χ0) is 11.1. The highest BCUT2D eigenvalue weighted by Gasteiger charge is 2.20. The molecule has 0 radical (unpaired) electrons. The third-order valence-corrected chi connectivity index (χ3v) is 3.85. The number of carbonyl (C=O) groups excluding carboxylic acids is 1. The summed E-state index contributed by atoms with van der Waals surface area (Å²) in [6, 6.07) is 0.447. The first-order valence-corrected chi connectivity index (χ1v) is 6.82. The largest absolute Gasteiger partial charge is 0.352 e. The number of nitrogens with one attached hydrogen (secondary N) is 1. The van der Waals surface area contributed by atoms with E-state index in [1.54, 1.807) is 11.8 Å². The van der Waals surface area contributed by atoms with Crippen molar-refractivity contribution in [1.82, 2.24) is 5.32 Å². The van der Waals surface area contributed by atoms with E-state index in [2.05, 4.69) is 11.4 Å². The normalized spacial score (nSPS) is 19.6. The van der Waals surface area contributed by atoms with Crippen molar-refractivity contribution in [1.29, 1.82) is 0 Å². The Labute approximate surface area is 96.9 Å². The Kier molecular flexibility index (Phi) is 5.84. The minimum atomic E-state index is 0.0711. The Bertz CT molecular complexity index is 222. The van der Waals surface area contributed by atoms with Crippen molar-refractivity contribution in [2.24, 2.45) is 0 Å². The second-order valence-corrected chi connectivity index (χ2v) is 5.41. The van der Waals surface area contributed by atoms with Gasteiger partial charge in [-0.2, -0.15) is 0 Å². The molecule has 2 nitrogen and oxygen atoms in total. The highest BCUT2D eigenvalue weighted by Crippen LogP contribution is 2.19. The van der Waals surface area contributed by atoms with Gasteiger partial charge in [0.2, 0.25) is 5.91 Å². The van der Waals surface area contributed by atoms with Crippen LogP contribution in [0.3, 0.4) is 0 Å². The summed E-state index contributed by atoms with van der Waals surface area (Å²) in [5, 5.41) is 3.19. The number of thioether (sulfide) groups is 1. The van der Waals surface area contributed by atoms with Crippen LogP contribution in [0.25, 0.3) is 0 Å². The van der Waals surface area contributed by atoms with Crippen molar-refractivity contribution >= 4 is 17.7 Å². The Morgan fingerprint density at radius 3 is 2.80 bits per heavy atom. The molecule has 0 saturated heterocycles. The Morgan fingerprint density at radius 2 is 2.20 bits per heavy atom. The summed E-state index contributed by atoms with van der Waals surface area (Å²) in [6.45, 7) is 3.99. The second kappa shape index (κ2) is 6.94. The number of hydrogen-bond donors (Lipinski definition) is 1. The van der Waals surface area contributed by atoms with Crippen molar-refractivity contribution in [2.45, 2.75) is 50.8 Å². The summed E-state index contributed by atoms with van der Waals surface area (Å²) in [5.41, 5.74) is 0. The van der Waals surface area contributed by atoms with Crippen LogP contribution in [0.5, 0.6) is 0 Å². The van der Waals surface area contributed by atoms with Crippen LogP contribution in [0.15, 0.2) is 12.2 Å². The molecule has 1 aliphatic carbocycles. The molecule has 1 rings (SSSR count). The summed E-state index contributed by atoms with van der Waals surface area (Å²) < 4.78 is 0. The first-order valence-electron chi connectivity index (χ1n) is 5.77. The Balaban J connectivity index is 2.19. The number of hydrogen-bond acceptors (Lipinski definition) is 2. The molecule has 1 amide bonds. The molecular formula is C12H21NOS. The van der Waals surface area contributed by atoms with Crippen LogP contribution >= 0.6 is 11.8 Å². The number of rotatable bonds is 5. The minimum Gasteiger partial charge on any atom is -0.352 e. The van der Waals surface area contributed by atoms with Crippen LogP contribution in [0, 0.1) is 0 Å². The predicted octanol–water partition coefficient (Wildman–Crippen LogP) is 2.74. The Morgan fingerprint density at radius 1 is 1.53 bits per heavy atom. The minimum absolute atomic E-state index is 0.0711. The fourth-order valence-corrected chi connectivity index (χ4v) is 2.57. The molecule has 1 N–H and O–H groups in total. The van der Waals surface area contributed by atoms with Crippen molar-refractivity contribution < 1.29 is 4.79 Å². The van der Waals surface area contributed by atoms with E-state index in [1.807, 2.05) is 19.9 Å². The first-order chi connectivity index (χ1) is 7.24. The highest BCUT2D eigenvalue weighted by molar-refractivity contribution is 8.00. The van der Waals surface area contributed by atoms with Crippen molar-refractivity contribution in [3.63, 3.8) is 0 Å². The molecule has 0 heterocycles. The molecule has 1 saturated carbocycles. The third kappa shape index (κ3) is 4.74. The molecule has 0 aromatic heterocycles. The quantitative estimate of drug-likeness (QED) is 0.732. The van der Waals surface area contributed by atoms with E-state index in [4.69, 9.17) is 0 Å². The second-order valence-electron chi connectivity index (χ2n) is 4.03. The number of carbonyl (C=O) groups is 1. The van der Waals surface area contributed by atoms with Crippen molar-refractivity contribution in [2.75, 3.05) is 5.75 Å². The molecule has 3 heteroatoms. The van der Waals surface area contributed by atoms with Crippen LogP contribution in [-0.4, -0.2) is 23.0 Å². The van der Waals surface area contributed by atoms with Gasteiger partial charge in [0.15, 0.2) is 0 Å². The molecule has 1 fully saturated rings. The molecule has 1 aliphatic rings. The fourth-order valence-electron chi connectivity index (χ4n) is 1.76. The molecule has 1 atom stereocenters. The molecular weight excluding hydrogens is 206 g/mol. The molecule has 0 aliphatic heterocycles. The third-order valence-electron chi connectivity index (χ3n) is 2.75. The standard InChI is InChI=1S/C12H21NOS/c1-3-4-9-15-10(2)12(14)13-11-7-5-6-8-11/h3-4,10-11H,5-9H2,1-2H3,(H,13,14)/b4-3+. The van der Waals surface area contributed by atoms with Gasteiger partial charge in [0.05, 0.1) is 5.25 Å². The molecule has 0 aromatic carbocycles. The molecule has 86 valence electrons. The predicted molar refractivity (Wildman–Crippen MR) is 67.1 cm³/mol. The summed E-state index contributed by atoms with van der Waals surface area (Å²) in [5.74, 6) is 1.13. The van der Waals surface area contributed by atoms with Crippen LogP contribution in [-0.2, 0) is 4.79 Å². The van der Waals surface area contributed by atoms with Gasteiger partial charge in [0.25, 0.3) is 0 Å². The van der Waals surface area contributed by atoms with Crippen LogP contribution in [0.4, 0.5) is 0 Å². The lowest BCUT2D eigenvalue weighted by Gasteiger charge is -2.15. The van der Waals surface area contributed by atoms with Crippen molar-refractivity contribution in [3.05, 3.63) is 12.2 Å². The zero-order valence-corrected chi connectivity index (χ0v) is 10.5. The van der Waals surface area contributed by atoms with Gasteiger partial charge in [0.1, 0.15) is 0 Å². The van der Waals surface area contributed by atoms with E-state index >= 15 is 0 Å². The van der Waals surface area contributed by atoms with E-state index in [0.717, 1.165) is 18.6 Å². The summed E-state index contributed by atoms with van der Waals surface area (Å²) in [6.07, 6.45) is 8.98. The van der Waals surface area contributed by atoms with E-state index < -0.39 is 0 Å². The maximum absolute atomic E-state index is 11.7. The molecule has 15 heavy (non-hydrogen) atoms. The van der Waals surface area contributed by atoms with Crippen LogP contribution < -0.4 is 5.32 Å². The monoisotopic (exact) mass is 227 g/mol. The average molecular weight is 227 g/mol. The summed E-state index contributed by atoms with van der Waals surface area (Å²) >= 11 is 1.69. The first kappa shape index (κ1) is 12.6. The van der Waals surface area contributed by atoms with Gasteiger partial charge in [-0.25, -0.2) is 0 Å². The number of amides is 1. The maximum Gasteiger partial charge on any atom is 0.233 e. The molecule has 0 bridgehead atoms. The smallest absolute Gasteiger partial charge is 0.233 e. The SMILES string of the molecule is C/C=C/CSC(C)C(=O)NC1CCCC1. The average Bonchev–Trinajstić information content (AvgIpc) is 2.70. The van der Waals surface area contributed by atoms with Crippen molar-refractivity contribution in [3.8, 4) is 0 Å². The van der Waals surface area contributed by atoms with Gasteiger partial charge >= 0.3 is 0 Å². The van der Waals surface area contributed by atoms with E-state index in [1.165, 1.54) is 12.8 Å². The topological polar surface area (TPSA) is 29.1 Å². The van der Waals surface area contributed by atoms with E-state index in [9.17, 15) is 4.79 Å². The number of allylic oxidation sites excluding steroid dienone is 1. The van der Waals surface area contributed by atoms with Gasteiger partial charge in [0, 0.05) is 11.8 Å². The van der Waals surface area contributed by atoms with Gasteiger partial charge in [-0.05, 0) is 26.7 Å². The Hall–Kier alpha value is -0.440. The van der Waals surface area contributed by atoms with Gasteiger partial charge in [-0.1, -0.05) is 25.0 Å². The summed E-state index contributed by atoms with van der Waals surface area (Å²) in [4.78, 5) is 11.7. The summed E-state index contributed by atoms with van der Waals surface area (Å²) in [7, 11) is 0. The van der Waals surface area contributed by atoms with Gasteiger partial charge in [-0.3, -0.25) is 4.79 Å². The van der Waals surface area contributed by atoms with Gasteiger partial charge < -0.3 is 5.32 Å². The lowest BCUT2D eigenvalue weighted by atomic mass is 10.2. The zero-order valence-electron chi connectivity index (χ0n) is 9.66. The molecule has 1 unspecified atom stereocenters.